The fourth-order valence-corrected chi connectivity index (χ4v) is 2.21. The van der Waals surface area contributed by atoms with Gasteiger partial charge < -0.3 is 19.1 Å². The van der Waals surface area contributed by atoms with Gasteiger partial charge in [0, 0.05) is 33.1 Å². The molecule has 2 heterocycles. The maximum atomic E-state index is 12.0. The Balaban J connectivity index is 1.89. The maximum Gasteiger partial charge on any atom is 0.410 e. The van der Waals surface area contributed by atoms with E-state index in [1.54, 1.807) is 4.90 Å². The molecule has 118 valence electrons. The van der Waals surface area contributed by atoms with Gasteiger partial charge in [0.15, 0.2) is 0 Å². The first-order chi connectivity index (χ1) is 9.76. The molecule has 0 aliphatic carbocycles. The van der Waals surface area contributed by atoms with Crippen molar-refractivity contribution < 1.29 is 14.1 Å². The van der Waals surface area contributed by atoms with Crippen LogP contribution in [-0.2, 0) is 4.74 Å². The topological polar surface area (TPSA) is 71.7 Å². The van der Waals surface area contributed by atoms with E-state index >= 15 is 0 Å². The average Bonchev–Trinajstić information content (AvgIpc) is 2.86. The smallest absolute Gasteiger partial charge is 0.410 e. The minimum Gasteiger partial charge on any atom is -0.444 e. The second kappa shape index (κ2) is 5.91. The van der Waals surface area contributed by atoms with Gasteiger partial charge in [0.05, 0.1) is 0 Å². The molecule has 1 aliphatic heterocycles. The van der Waals surface area contributed by atoms with E-state index in [-0.39, 0.29) is 12.0 Å². The summed E-state index contributed by atoms with van der Waals surface area (Å²) in [6.07, 6.45) is 1.38. The molecule has 1 saturated heterocycles. The van der Waals surface area contributed by atoms with Gasteiger partial charge in [-0.1, -0.05) is 0 Å². The van der Waals surface area contributed by atoms with Gasteiger partial charge >= 0.3 is 6.09 Å². The van der Waals surface area contributed by atoms with E-state index in [9.17, 15) is 4.79 Å². The molecular weight excluding hydrogens is 272 g/mol. The Labute approximate surface area is 125 Å². The first kappa shape index (κ1) is 15.6. The second-order valence-electron chi connectivity index (χ2n) is 6.57. The van der Waals surface area contributed by atoms with E-state index in [1.165, 1.54) is 0 Å². The Bertz CT molecular complexity index is 485. The number of hydrogen-bond acceptors (Lipinski definition) is 6. The number of hydrogen-bond donors (Lipinski definition) is 0. The third kappa shape index (κ3) is 4.09. The number of carbonyl (C=O) groups is 1. The fraction of sp³-hybridized carbons (Fsp3) is 0.786. The minimum atomic E-state index is -0.457. The molecule has 2 rings (SSSR count). The largest absolute Gasteiger partial charge is 0.444 e. The summed E-state index contributed by atoms with van der Waals surface area (Å²) in [5.74, 6) is 1.45. The zero-order chi connectivity index (χ0) is 15.6. The second-order valence-corrected chi connectivity index (χ2v) is 6.57. The molecule has 1 aliphatic rings. The molecule has 0 unspecified atom stereocenters. The lowest BCUT2D eigenvalue weighted by atomic mass is 9.97. The van der Waals surface area contributed by atoms with Gasteiger partial charge in [0.1, 0.15) is 5.60 Å². The lowest BCUT2D eigenvalue weighted by molar-refractivity contribution is 0.0198. The molecule has 0 radical (unpaired) electrons. The van der Waals surface area contributed by atoms with Crippen LogP contribution in [0.5, 0.6) is 0 Å². The molecular formula is C14H24N4O3. The van der Waals surface area contributed by atoms with E-state index in [0.717, 1.165) is 12.8 Å². The average molecular weight is 296 g/mol. The van der Waals surface area contributed by atoms with Crippen LogP contribution in [0.4, 0.5) is 10.7 Å². The zero-order valence-electron chi connectivity index (χ0n) is 13.4. The van der Waals surface area contributed by atoms with Crippen molar-refractivity contribution in [3.63, 3.8) is 0 Å². The van der Waals surface area contributed by atoms with Crippen LogP contribution in [0.25, 0.3) is 0 Å². The third-order valence-electron chi connectivity index (χ3n) is 3.33. The van der Waals surface area contributed by atoms with Crippen molar-refractivity contribution in [2.45, 2.75) is 45.1 Å². The maximum absolute atomic E-state index is 12.0. The summed E-state index contributed by atoms with van der Waals surface area (Å²) in [7, 11) is 3.75. The predicted molar refractivity (Wildman–Crippen MR) is 78.4 cm³/mol. The van der Waals surface area contributed by atoms with Crippen LogP contribution in [0.1, 0.15) is 45.4 Å². The molecule has 7 heteroatoms. The summed E-state index contributed by atoms with van der Waals surface area (Å²) in [5, 5.41) is 3.93. The Hall–Kier alpha value is -1.79. The number of amides is 1. The number of rotatable bonds is 2. The Morgan fingerprint density at radius 2 is 1.95 bits per heavy atom. The van der Waals surface area contributed by atoms with Gasteiger partial charge in [-0.3, -0.25) is 0 Å². The van der Waals surface area contributed by atoms with Crippen LogP contribution in [-0.4, -0.2) is 53.9 Å². The number of ether oxygens (including phenoxy) is 1. The van der Waals surface area contributed by atoms with Crippen molar-refractivity contribution >= 4 is 12.0 Å². The van der Waals surface area contributed by atoms with Gasteiger partial charge in [-0.2, -0.15) is 4.98 Å². The number of piperidine rings is 1. The van der Waals surface area contributed by atoms with E-state index in [0.29, 0.717) is 24.9 Å². The minimum absolute atomic E-state index is 0.213. The Morgan fingerprint density at radius 3 is 2.43 bits per heavy atom. The van der Waals surface area contributed by atoms with Crippen molar-refractivity contribution in [2.24, 2.45) is 0 Å². The number of nitrogens with zero attached hydrogens (tertiary/aromatic N) is 4. The van der Waals surface area contributed by atoms with E-state index in [1.807, 2.05) is 39.8 Å². The molecule has 1 fully saturated rings. The standard InChI is InChI=1S/C14H24N4O3/c1-14(2,3)20-13(19)18-8-6-10(7-9-18)11-15-12(16-21-11)17(4)5/h10H,6-9H2,1-5H3. The Kier molecular flexibility index (Phi) is 4.39. The normalized spacial score (nSPS) is 16.9. The number of likely N-dealkylation sites (tertiary alicyclic amines) is 1. The van der Waals surface area contributed by atoms with Crippen molar-refractivity contribution in [2.75, 3.05) is 32.1 Å². The summed E-state index contributed by atoms with van der Waals surface area (Å²) in [6, 6.07) is 0. The lowest BCUT2D eigenvalue weighted by Crippen LogP contribution is -2.41. The first-order valence-corrected chi connectivity index (χ1v) is 7.25. The SMILES string of the molecule is CN(C)c1noc(C2CCN(C(=O)OC(C)(C)C)CC2)n1. The van der Waals surface area contributed by atoms with Gasteiger partial charge in [-0.15, -0.1) is 0 Å². The van der Waals surface area contributed by atoms with Gasteiger partial charge in [0.2, 0.25) is 5.89 Å². The molecule has 1 aromatic rings. The zero-order valence-corrected chi connectivity index (χ0v) is 13.4. The molecule has 0 atom stereocenters. The highest BCUT2D eigenvalue weighted by atomic mass is 16.6. The van der Waals surface area contributed by atoms with Crippen LogP contribution in [0.2, 0.25) is 0 Å². The highest BCUT2D eigenvalue weighted by molar-refractivity contribution is 5.68. The van der Waals surface area contributed by atoms with Gasteiger partial charge in [0.25, 0.3) is 5.95 Å². The van der Waals surface area contributed by atoms with Crippen molar-refractivity contribution in [3.05, 3.63) is 5.89 Å². The van der Waals surface area contributed by atoms with E-state index < -0.39 is 5.60 Å². The molecule has 0 saturated carbocycles. The molecule has 0 N–H and O–H groups in total. The number of aromatic nitrogens is 2. The van der Waals surface area contributed by atoms with Crippen LogP contribution >= 0.6 is 0 Å². The van der Waals surface area contributed by atoms with Crippen LogP contribution in [0.15, 0.2) is 4.52 Å². The van der Waals surface area contributed by atoms with E-state index in [4.69, 9.17) is 9.26 Å². The predicted octanol–water partition coefficient (Wildman–Crippen LogP) is 2.25. The third-order valence-corrected chi connectivity index (χ3v) is 3.33. The van der Waals surface area contributed by atoms with Crippen LogP contribution < -0.4 is 4.90 Å². The summed E-state index contributed by atoms with van der Waals surface area (Å²) in [4.78, 5) is 19.9. The highest BCUT2D eigenvalue weighted by Gasteiger charge is 2.30. The van der Waals surface area contributed by atoms with Gasteiger partial charge in [-0.25, -0.2) is 4.79 Å². The van der Waals surface area contributed by atoms with E-state index in [2.05, 4.69) is 10.1 Å². The molecule has 1 aromatic heterocycles. The molecule has 1 amide bonds. The van der Waals surface area contributed by atoms with Crippen LogP contribution in [0.3, 0.4) is 0 Å². The fourth-order valence-electron chi connectivity index (χ4n) is 2.21. The molecule has 0 aromatic carbocycles. The lowest BCUT2D eigenvalue weighted by Gasteiger charge is -2.32. The monoisotopic (exact) mass is 296 g/mol. The molecule has 0 bridgehead atoms. The molecule has 7 nitrogen and oxygen atoms in total. The number of carbonyl (C=O) groups excluding carboxylic acids is 1. The highest BCUT2D eigenvalue weighted by Crippen LogP contribution is 2.28. The summed E-state index contributed by atoms with van der Waals surface area (Å²) in [5.41, 5.74) is -0.457. The quantitative estimate of drug-likeness (QED) is 0.833. The van der Waals surface area contributed by atoms with Gasteiger partial charge in [-0.05, 0) is 38.8 Å². The van der Waals surface area contributed by atoms with Crippen LogP contribution in [0, 0.1) is 0 Å². The first-order valence-electron chi connectivity index (χ1n) is 7.25. The molecule has 21 heavy (non-hydrogen) atoms. The summed E-state index contributed by atoms with van der Waals surface area (Å²) < 4.78 is 10.7. The number of anilines is 1. The Morgan fingerprint density at radius 1 is 1.33 bits per heavy atom. The molecule has 0 spiro atoms. The summed E-state index contributed by atoms with van der Waals surface area (Å²) in [6.45, 7) is 6.93. The van der Waals surface area contributed by atoms with Crippen molar-refractivity contribution in [1.29, 1.82) is 0 Å². The van der Waals surface area contributed by atoms with Crippen molar-refractivity contribution in [1.82, 2.24) is 15.0 Å². The van der Waals surface area contributed by atoms with Crippen molar-refractivity contribution in [3.8, 4) is 0 Å². The summed E-state index contributed by atoms with van der Waals surface area (Å²) >= 11 is 0.